The lowest BCUT2D eigenvalue weighted by Gasteiger charge is -2.14. The molecule has 0 aromatic heterocycles. The lowest BCUT2D eigenvalue weighted by Crippen LogP contribution is -2.18. The molecule has 0 radical (unpaired) electrons. The minimum Gasteiger partial charge on any atom is -0.377 e. The minimum atomic E-state index is -0.667. The fourth-order valence-corrected chi connectivity index (χ4v) is 1.92. The van der Waals surface area contributed by atoms with Crippen molar-refractivity contribution in [2.75, 3.05) is 5.32 Å². The van der Waals surface area contributed by atoms with Gasteiger partial charge in [0.2, 0.25) is 5.91 Å². The topological polar surface area (TPSA) is 98.3 Å². The highest BCUT2D eigenvalue weighted by Gasteiger charge is 2.29. The predicted molar refractivity (Wildman–Crippen MR) is 67.4 cm³/mol. The van der Waals surface area contributed by atoms with E-state index in [1.807, 2.05) is 6.92 Å². The molecule has 18 heavy (non-hydrogen) atoms. The number of nitrogens with two attached hydrogens (primary N) is 1. The highest BCUT2D eigenvalue weighted by Crippen LogP contribution is 2.35. The quantitative estimate of drug-likeness (QED) is 0.615. The van der Waals surface area contributed by atoms with Crippen molar-refractivity contribution in [1.29, 1.82) is 0 Å². The third kappa shape index (κ3) is 2.58. The van der Waals surface area contributed by atoms with E-state index >= 15 is 0 Å². The average molecular weight is 249 g/mol. The van der Waals surface area contributed by atoms with Crippen molar-refractivity contribution in [3.63, 3.8) is 0 Å². The van der Waals surface area contributed by atoms with Gasteiger partial charge in [-0.2, -0.15) is 0 Å². The van der Waals surface area contributed by atoms with E-state index in [0.29, 0.717) is 11.6 Å². The van der Waals surface area contributed by atoms with Crippen LogP contribution >= 0.6 is 0 Å². The van der Waals surface area contributed by atoms with E-state index in [2.05, 4.69) is 5.32 Å². The second-order valence-electron chi connectivity index (χ2n) is 4.62. The summed E-state index contributed by atoms with van der Waals surface area (Å²) in [6.07, 6.45) is 2.31. The number of nitrogens with one attached hydrogen (secondary N) is 1. The maximum absolute atomic E-state index is 11.0. The number of carbonyl (C=O) groups is 1. The molecule has 6 nitrogen and oxygen atoms in total. The standard InChI is InChI=1S/C12H15N3O3/c1-7(8-2-3-8)14-10-5-4-9(12(13)16)6-11(10)15(17)18/h4-8,14H,2-3H2,1H3,(H2,13,16)/t7-/m0/s1. The molecule has 1 fully saturated rings. The third-order valence-corrected chi connectivity index (χ3v) is 3.19. The Labute approximate surface area is 104 Å². The molecule has 0 bridgehead atoms. The van der Waals surface area contributed by atoms with Crippen LogP contribution in [-0.2, 0) is 0 Å². The highest BCUT2D eigenvalue weighted by molar-refractivity contribution is 5.94. The van der Waals surface area contributed by atoms with Gasteiger partial charge in [-0.15, -0.1) is 0 Å². The Kier molecular flexibility index (Phi) is 3.18. The van der Waals surface area contributed by atoms with E-state index in [9.17, 15) is 14.9 Å². The summed E-state index contributed by atoms with van der Waals surface area (Å²) in [5, 5.41) is 14.1. The van der Waals surface area contributed by atoms with Crippen LogP contribution in [-0.4, -0.2) is 16.9 Å². The Morgan fingerprint density at radius 1 is 1.56 bits per heavy atom. The second kappa shape index (κ2) is 4.64. The maximum Gasteiger partial charge on any atom is 0.293 e. The molecule has 1 atom stereocenters. The Morgan fingerprint density at radius 3 is 2.72 bits per heavy atom. The fourth-order valence-electron chi connectivity index (χ4n) is 1.92. The molecular formula is C12H15N3O3. The van der Waals surface area contributed by atoms with Crippen LogP contribution in [0.2, 0.25) is 0 Å². The van der Waals surface area contributed by atoms with Crippen LogP contribution in [0.3, 0.4) is 0 Å². The number of nitro benzene ring substituents is 1. The van der Waals surface area contributed by atoms with Crippen molar-refractivity contribution >= 4 is 17.3 Å². The van der Waals surface area contributed by atoms with E-state index in [-0.39, 0.29) is 17.3 Å². The number of anilines is 1. The van der Waals surface area contributed by atoms with Gasteiger partial charge in [0.05, 0.1) is 4.92 Å². The van der Waals surface area contributed by atoms with E-state index in [4.69, 9.17) is 5.73 Å². The molecule has 0 heterocycles. The Bertz CT molecular complexity index is 497. The number of nitro groups is 1. The minimum absolute atomic E-state index is 0.112. The summed E-state index contributed by atoms with van der Waals surface area (Å²) in [6, 6.07) is 4.45. The van der Waals surface area contributed by atoms with Gasteiger partial charge in [-0.1, -0.05) is 0 Å². The molecule has 1 saturated carbocycles. The molecule has 96 valence electrons. The largest absolute Gasteiger partial charge is 0.377 e. The summed E-state index contributed by atoms with van der Waals surface area (Å²) < 4.78 is 0. The first kappa shape index (κ1) is 12.3. The highest BCUT2D eigenvalue weighted by atomic mass is 16.6. The molecule has 0 spiro atoms. The van der Waals surface area contributed by atoms with Gasteiger partial charge in [-0.05, 0) is 37.8 Å². The zero-order valence-corrected chi connectivity index (χ0v) is 10.1. The fraction of sp³-hybridized carbons (Fsp3) is 0.417. The molecule has 0 aliphatic heterocycles. The van der Waals surface area contributed by atoms with Gasteiger partial charge in [0.1, 0.15) is 5.69 Å². The SMILES string of the molecule is C[C@H](Nc1ccc(C(N)=O)cc1[N+](=O)[O-])C1CC1. The zero-order valence-electron chi connectivity index (χ0n) is 10.1. The van der Waals surface area contributed by atoms with Gasteiger partial charge in [-0.25, -0.2) is 0 Å². The number of hydrogen-bond donors (Lipinski definition) is 2. The van der Waals surface area contributed by atoms with E-state index < -0.39 is 10.8 Å². The summed E-state index contributed by atoms with van der Waals surface area (Å²) in [5.74, 6) is -0.0830. The molecule has 1 aliphatic carbocycles. The lowest BCUT2D eigenvalue weighted by atomic mass is 10.1. The maximum atomic E-state index is 11.0. The van der Waals surface area contributed by atoms with Gasteiger partial charge in [0, 0.05) is 17.7 Å². The van der Waals surface area contributed by atoms with E-state index in [0.717, 1.165) is 12.8 Å². The first-order valence-corrected chi connectivity index (χ1v) is 5.84. The van der Waals surface area contributed by atoms with Crippen LogP contribution in [0.15, 0.2) is 18.2 Å². The predicted octanol–water partition coefficient (Wildman–Crippen LogP) is 1.90. The number of primary amides is 1. The molecule has 1 aromatic rings. The van der Waals surface area contributed by atoms with Crippen molar-refractivity contribution in [3.05, 3.63) is 33.9 Å². The van der Waals surface area contributed by atoms with Gasteiger partial charge < -0.3 is 11.1 Å². The van der Waals surface area contributed by atoms with Crippen LogP contribution in [0, 0.1) is 16.0 Å². The summed E-state index contributed by atoms with van der Waals surface area (Å²) in [7, 11) is 0. The van der Waals surface area contributed by atoms with Crippen LogP contribution in [0.5, 0.6) is 0 Å². The average Bonchev–Trinajstić information content (AvgIpc) is 3.12. The number of hydrogen-bond acceptors (Lipinski definition) is 4. The molecule has 1 amide bonds. The molecule has 2 rings (SSSR count). The summed E-state index contributed by atoms with van der Waals surface area (Å²) in [4.78, 5) is 21.5. The van der Waals surface area contributed by atoms with Crippen molar-refractivity contribution in [2.24, 2.45) is 11.7 Å². The molecule has 6 heteroatoms. The first-order chi connectivity index (χ1) is 8.49. The summed E-state index contributed by atoms with van der Waals surface area (Å²) in [5.41, 5.74) is 5.58. The van der Waals surface area contributed by atoms with Crippen molar-refractivity contribution in [1.82, 2.24) is 0 Å². The Morgan fingerprint density at radius 2 is 2.22 bits per heavy atom. The number of nitrogens with zero attached hydrogens (tertiary/aromatic N) is 1. The van der Waals surface area contributed by atoms with Gasteiger partial charge in [-0.3, -0.25) is 14.9 Å². The Hall–Kier alpha value is -2.11. The second-order valence-corrected chi connectivity index (χ2v) is 4.62. The van der Waals surface area contributed by atoms with E-state index in [1.54, 1.807) is 0 Å². The van der Waals surface area contributed by atoms with Crippen LogP contribution in [0.25, 0.3) is 0 Å². The van der Waals surface area contributed by atoms with Crippen LogP contribution in [0.4, 0.5) is 11.4 Å². The third-order valence-electron chi connectivity index (χ3n) is 3.19. The zero-order chi connectivity index (χ0) is 13.3. The van der Waals surface area contributed by atoms with E-state index in [1.165, 1.54) is 18.2 Å². The summed E-state index contributed by atoms with van der Waals surface area (Å²) >= 11 is 0. The number of amides is 1. The first-order valence-electron chi connectivity index (χ1n) is 5.84. The summed E-state index contributed by atoms with van der Waals surface area (Å²) in [6.45, 7) is 2.00. The van der Waals surface area contributed by atoms with Crippen molar-refractivity contribution in [2.45, 2.75) is 25.8 Å². The molecule has 3 N–H and O–H groups in total. The number of carbonyl (C=O) groups excluding carboxylic acids is 1. The molecular weight excluding hydrogens is 234 g/mol. The number of rotatable bonds is 5. The molecule has 0 saturated heterocycles. The molecule has 0 unspecified atom stereocenters. The van der Waals surface area contributed by atoms with Crippen LogP contribution < -0.4 is 11.1 Å². The van der Waals surface area contributed by atoms with Gasteiger partial charge >= 0.3 is 0 Å². The molecule has 1 aliphatic rings. The van der Waals surface area contributed by atoms with Gasteiger partial charge in [0.15, 0.2) is 0 Å². The monoisotopic (exact) mass is 249 g/mol. The van der Waals surface area contributed by atoms with Crippen LogP contribution in [0.1, 0.15) is 30.1 Å². The normalized spacial score (nSPS) is 16.1. The number of benzene rings is 1. The smallest absolute Gasteiger partial charge is 0.293 e. The van der Waals surface area contributed by atoms with Crippen molar-refractivity contribution < 1.29 is 9.72 Å². The van der Waals surface area contributed by atoms with Gasteiger partial charge in [0.25, 0.3) is 5.69 Å². The van der Waals surface area contributed by atoms with Crippen molar-refractivity contribution in [3.8, 4) is 0 Å². The molecule has 1 aromatic carbocycles. The lowest BCUT2D eigenvalue weighted by molar-refractivity contribution is -0.384. The Balaban J connectivity index is 2.27.